The highest BCUT2D eigenvalue weighted by molar-refractivity contribution is 5.85. The molecule has 1 saturated heterocycles. The summed E-state index contributed by atoms with van der Waals surface area (Å²) in [4.78, 5) is 16.8. The highest BCUT2D eigenvalue weighted by Gasteiger charge is 2.48. The van der Waals surface area contributed by atoms with Crippen LogP contribution in [0.3, 0.4) is 0 Å². The molecule has 1 aliphatic heterocycles. The second-order valence-corrected chi connectivity index (χ2v) is 6.89. The van der Waals surface area contributed by atoms with Crippen molar-refractivity contribution in [2.45, 2.75) is 44.7 Å². The van der Waals surface area contributed by atoms with Gasteiger partial charge in [-0.1, -0.05) is 25.3 Å². The molecular formula is C18H23N5O. The SMILES string of the molecule is O=C1NCC2(CCCCC2)C1NCc1cccnc1-n1cccn1. The summed E-state index contributed by atoms with van der Waals surface area (Å²) >= 11 is 0. The van der Waals surface area contributed by atoms with Crippen LogP contribution < -0.4 is 10.6 Å². The highest BCUT2D eigenvalue weighted by atomic mass is 16.2. The number of carbonyl (C=O) groups is 1. The van der Waals surface area contributed by atoms with E-state index in [0.717, 1.165) is 30.8 Å². The first-order valence-electron chi connectivity index (χ1n) is 8.74. The van der Waals surface area contributed by atoms with Crippen LogP contribution >= 0.6 is 0 Å². The van der Waals surface area contributed by atoms with E-state index in [9.17, 15) is 4.79 Å². The van der Waals surface area contributed by atoms with Crippen molar-refractivity contribution < 1.29 is 4.79 Å². The maximum Gasteiger partial charge on any atom is 0.237 e. The minimum Gasteiger partial charge on any atom is -0.354 e. The van der Waals surface area contributed by atoms with E-state index in [2.05, 4.69) is 20.7 Å². The number of pyridine rings is 1. The van der Waals surface area contributed by atoms with Crippen molar-refractivity contribution in [2.24, 2.45) is 5.41 Å². The summed E-state index contributed by atoms with van der Waals surface area (Å²) in [5.41, 5.74) is 1.13. The van der Waals surface area contributed by atoms with Gasteiger partial charge in [0.15, 0.2) is 5.82 Å². The Bertz CT molecular complexity index is 706. The van der Waals surface area contributed by atoms with E-state index < -0.39 is 0 Å². The minimum atomic E-state index is -0.108. The van der Waals surface area contributed by atoms with Crippen LogP contribution in [-0.4, -0.2) is 33.3 Å². The average Bonchev–Trinajstić information content (AvgIpc) is 3.24. The molecule has 6 heteroatoms. The summed E-state index contributed by atoms with van der Waals surface area (Å²) in [6, 6.07) is 5.74. The van der Waals surface area contributed by atoms with Crippen molar-refractivity contribution in [3.63, 3.8) is 0 Å². The summed E-state index contributed by atoms with van der Waals surface area (Å²) in [6.07, 6.45) is 11.4. The third kappa shape index (κ3) is 2.71. The number of nitrogens with one attached hydrogen (secondary N) is 2. The zero-order chi connectivity index (χ0) is 16.4. The number of carbonyl (C=O) groups excluding carboxylic acids is 1. The van der Waals surface area contributed by atoms with Crippen LogP contribution in [0.4, 0.5) is 0 Å². The van der Waals surface area contributed by atoms with Crippen molar-refractivity contribution in [2.75, 3.05) is 6.54 Å². The molecule has 1 aliphatic carbocycles. The van der Waals surface area contributed by atoms with Gasteiger partial charge in [0.05, 0.1) is 6.04 Å². The number of nitrogens with zero attached hydrogens (tertiary/aromatic N) is 3. The lowest BCUT2D eigenvalue weighted by molar-refractivity contribution is -0.122. The summed E-state index contributed by atoms with van der Waals surface area (Å²) < 4.78 is 1.77. The van der Waals surface area contributed by atoms with E-state index in [1.807, 2.05) is 24.4 Å². The summed E-state index contributed by atoms with van der Waals surface area (Å²) in [5, 5.41) is 10.9. The van der Waals surface area contributed by atoms with Crippen LogP contribution in [0, 0.1) is 5.41 Å². The zero-order valence-electron chi connectivity index (χ0n) is 13.7. The third-order valence-corrected chi connectivity index (χ3v) is 5.42. The second kappa shape index (κ2) is 6.36. The molecule has 1 saturated carbocycles. The van der Waals surface area contributed by atoms with Crippen LogP contribution in [0.15, 0.2) is 36.8 Å². The average molecular weight is 325 g/mol. The number of amides is 1. The van der Waals surface area contributed by atoms with E-state index in [4.69, 9.17) is 0 Å². The van der Waals surface area contributed by atoms with E-state index in [1.54, 1.807) is 17.1 Å². The van der Waals surface area contributed by atoms with Crippen molar-refractivity contribution in [3.05, 3.63) is 42.4 Å². The van der Waals surface area contributed by atoms with E-state index in [0.29, 0.717) is 6.54 Å². The number of hydrogen-bond acceptors (Lipinski definition) is 4. The standard InChI is InChI=1S/C18H23N5O/c24-17-15(18(13-21-17)7-2-1-3-8-18)20-12-14-6-4-9-19-16(14)23-11-5-10-22-23/h4-6,9-11,15,20H,1-3,7-8,12-13H2,(H,21,24). The van der Waals surface area contributed by atoms with Gasteiger partial charge in [0.25, 0.3) is 0 Å². The van der Waals surface area contributed by atoms with Gasteiger partial charge in [-0.3, -0.25) is 4.79 Å². The molecule has 1 amide bonds. The molecule has 4 rings (SSSR count). The minimum absolute atomic E-state index is 0.0867. The molecule has 24 heavy (non-hydrogen) atoms. The van der Waals surface area contributed by atoms with Crippen molar-refractivity contribution in [1.29, 1.82) is 0 Å². The van der Waals surface area contributed by atoms with Crippen LogP contribution in [0.1, 0.15) is 37.7 Å². The van der Waals surface area contributed by atoms with Crippen LogP contribution in [0.5, 0.6) is 0 Å². The fourth-order valence-corrected chi connectivity index (χ4v) is 4.16. The van der Waals surface area contributed by atoms with Gasteiger partial charge in [-0.05, 0) is 25.0 Å². The first kappa shape index (κ1) is 15.3. The zero-order valence-corrected chi connectivity index (χ0v) is 13.7. The Kier molecular flexibility index (Phi) is 4.06. The molecular weight excluding hydrogens is 302 g/mol. The Labute approximate surface area is 141 Å². The Morgan fingerprint density at radius 3 is 2.92 bits per heavy atom. The van der Waals surface area contributed by atoms with Gasteiger partial charge >= 0.3 is 0 Å². The predicted octanol–water partition coefficient (Wildman–Crippen LogP) is 1.81. The molecule has 0 aromatic carbocycles. The summed E-state index contributed by atoms with van der Waals surface area (Å²) in [7, 11) is 0. The lowest BCUT2D eigenvalue weighted by Gasteiger charge is -2.37. The molecule has 0 bridgehead atoms. The van der Waals surface area contributed by atoms with Gasteiger partial charge in [0, 0.05) is 42.7 Å². The Morgan fingerprint density at radius 2 is 2.12 bits per heavy atom. The van der Waals surface area contributed by atoms with Gasteiger partial charge < -0.3 is 10.6 Å². The molecule has 2 fully saturated rings. The molecule has 2 aromatic heterocycles. The first-order valence-corrected chi connectivity index (χ1v) is 8.74. The molecule has 3 heterocycles. The van der Waals surface area contributed by atoms with Crippen LogP contribution in [-0.2, 0) is 11.3 Å². The monoisotopic (exact) mass is 325 g/mol. The molecule has 1 unspecified atom stereocenters. The maximum absolute atomic E-state index is 12.4. The van der Waals surface area contributed by atoms with Crippen molar-refractivity contribution in [1.82, 2.24) is 25.4 Å². The van der Waals surface area contributed by atoms with Crippen LogP contribution in [0.25, 0.3) is 5.82 Å². The number of aromatic nitrogens is 3. The second-order valence-electron chi connectivity index (χ2n) is 6.89. The van der Waals surface area contributed by atoms with E-state index >= 15 is 0 Å². The molecule has 1 atom stereocenters. The smallest absolute Gasteiger partial charge is 0.237 e. The number of hydrogen-bond donors (Lipinski definition) is 2. The molecule has 2 N–H and O–H groups in total. The lowest BCUT2D eigenvalue weighted by atomic mass is 9.70. The van der Waals surface area contributed by atoms with E-state index in [-0.39, 0.29) is 17.4 Å². The topological polar surface area (TPSA) is 71.8 Å². The first-order chi connectivity index (χ1) is 11.8. The third-order valence-electron chi connectivity index (χ3n) is 5.42. The fraction of sp³-hybridized carbons (Fsp3) is 0.500. The fourth-order valence-electron chi connectivity index (χ4n) is 4.16. The predicted molar refractivity (Wildman–Crippen MR) is 90.5 cm³/mol. The highest BCUT2D eigenvalue weighted by Crippen LogP contribution is 2.41. The quantitative estimate of drug-likeness (QED) is 0.899. The van der Waals surface area contributed by atoms with Gasteiger partial charge in [-0.2, -0.15) is 5.10 Å². The van der Waals surface area contributed by atoms with Gasteiger partial charge in [0.1, 0.15) is 0 Å². The Hall–Kier alpha value is -2.21. The molecule has 1 spiro atoms. The van der Waals surface area contributed by atoms with Crippen molar-refractivity contribution >= 4 is 5.91 Å². The molecule has 2 aromatic rings. The Morgan fingerprint density at radius 1 is 1.25 bits per heavy atom. The van der Waals surface area contributed by atoms with Gasteiger partial charge in [-0.25, -0.2) is 9.67 Å². The summed E-state index contributed by atoms with van der Waals surface area (Å²) in [6.45, 7) is 1.42. The summed E-state index contributed by atoms with van der Waals surface area (Å²) in [5.74, 6) is 0.951. The number of rotatable bonds is 4. The van der Waals surface area contributed by atoms with Crippen LogP contribution in [0.2, 0.25) is 0 Å². The normalized spacial score (nSPS) is 22.7. The van der Waals surface area contributed by atoms with Gasteiger partial charge in [-0.15, -0.1) is 0 Å². The largest absolute Gasteiger partial charge is 0.354 e. The van der Waals surface area contributed by atoms with Crippen molar-refractivity contribution in [3.8, 4) is 5.82 Å². The molecule has 126 valence electrons. The molecule has 2 aliphatic rings. The maximum atomic E-state index is 12.4. The lowest BCUT2D eigenvalue weighted by Crippen LogP contribution is -2.47. The van der Waals surface area contributed by atoms with E-state index in [1.165, 1.54) is 19.3 Å². The molecule has 6 nitrogen and oxygen atoms in total. The molecule has 0 radical (unpaired) electrons. The van der Waals surface area contributed by atoms with Gasteiger partial charge in [0.2, 0.25) is 5.91 Å². The Balaban J connectivity index is 1.53.